The topological polar surface area (TPSA) is 128 Å². The molecule has 0 aliphatic carbocycles. The van der Waals surface area contributed by atoms with E-state index in [2.05, 4.69) is 5.32 Å². The highest BCUT2D eigenvalue weighted by Crippen LogP contribution is 2.33. The van der Waals surface area contributed by atoms with Gasteiger partial charge in [-0.1, -0.05) is 12.1 Å². The number of nitrogens with one attached hydrogen (secondary N) is 1. The van der Waals surface area contributed by atoms with E-state index in [1.165, 1.54) is 19.2 Å². The molecule has 1 N–H and O–H groups in total. The van der Waals surface area contributed by atoms with E-state index in [1.54, 1.807) is 25.3 Å². The maximum absolute atomic E-state index is 12.5. The minimum atomic E-state index is -3.95. The number of benzene rings is 2. The summed E-state index contributed by atoms with van der Waals surface area (Å²) >= 11 is 0. The smallest absolute Gasteiger partial charge is 0.271 e. The Balaban J connectivity index is 2.33. The zero-order chi connectivity index (χ0) is 21.6. The standard InChI is InChI=1S/C18H21N3O7S/c1-27-12-13-5-4-6-14(9-13)19-18(22)11-20(29(3,25)26)16-10-15(21(23)24)7-8-17(16)28-2/h4-10H,11-12H2,1-3H3,(H,19,22). The average molecular weight is 423 g/mol. The summed E-state index contributed by atoms with van der Waals surface area (Å²) < 4.78 is 35.5. The number of sulfonamides is 1. The summed E-state index contributed by atoms with van der Waals surface area (Å²) in [4.78, 5) is 22.9. The number of nitro groups is 1. The highest BCUT2D eigenvalue weighted by atomic mass is 32.2. The predicted octanol–water partition coefficient (Wildman–Crippen LogP) is 2.15. The van der Waals surface area contributed by atoms with Crippen molar-refractivity contribution in [1.29, 1.82) is 0 Å². The number of methoxy groups -OCH3 is 2. The molecule has 2 aromatic carbocycles. The fraction of sp³-hybridized carbons (Fsp3) is 0.278. The first kappa shape index (κ1) is 22.1. The fourth-order valence-electron chi connectivity index (χ4n) is 2.60. The molecule has 0 saturated heterocycles. The zero-order valence-corrected chi connectivity index (χ0v) is 16.9. The Morgan fingerprint density at radius 1 is 1.21 bits per heavy atom. The number of ether oxygens (including phenoxy) is 2. The van der Waals surface area contributed by atoms with Gasteiger partial charge in [0.1, 0.15) is 18.0 Å². The van der Waals surface area contributed by atoms with Crippen LogP contribution in [0.25, 0.3) is 0 Å². The molecular formula is C18H21N3O7S. The second-order valence-corrected chi connectivity index (χ2v) is 7.97. The van der Waals surface area contributed by atoms with E-state index in [9.17, 15) is 23.3 Å². The third-order valence-electron chi connectivity index (χ3n) is 3.85. The number of hydrogen-bond donors (Lipinski definition) is 1. The molecular weight excluding hydrogens is 402 g/mol. The van der Waals surface area contributed by atoms with Crippen LogP contribution in [0, 0.1) is 10.1 Å². The fourth-order valence-corrected chi connectivity index (χ4v) is 3.46. The lowest BCUT2D eigenvalue weighted by atomic mass is 10.2. The monoisotopic (exact) mass is 423 g/mol. The number of rotatable bonds is 9. The highest BCUT2D eigenvalue weighted by Gasteiger charge is 2.26. The van der Waals surface area contributed by atoms with Crippen LogP contribution in [0.15, 0.2) is 42.5 Å². The molecule has 0 saturated carbocycles. The van der Waals surface area contributed by atoms with Crippen LogP contribution in [0.4, 0.5) is 17.1 Å². The number of amides is 1. The van der Waals surface area contributed by atoms with Crippen molar-refractivity contribution in [2.24, 2.45) is 0 Å². The van der Waals surface area contributed by atoms with Gasteiger partial charge in [0.2, 0.25) is 15.9 Å². The molecule has 0 heterocycles. The predicted molar refractivity (Wildman–Crippen MR) is 108 cm³/mol. The summed E-state index contributed by atoms with van der Waals surface area (Å²) in [6.07, 6.45) is 0.901. The van der Waals surface area contributed by atoms with Gasteiger partial charge in [0.25, 0.3) is 5.69 Å². The number of carbonyl (C=O) groups excluding carboxylic acids is 1. The second kappa shape index (κ2) is 9.34. The molecule has 156 valence electrons. The van der Waals surface area contributed by atoms with Gasteiger partial charge in [-0.15, -0.1) is 0 Å². The summed E-state index contributed by atoms with van der Waals surface area (Å²) in [6.45, 7) is -0.241. The van der Waals surface area contributed by atoms with Crippen LogP contribution in [-0.2, 0) is 26.2 Å². The van der Waals surface area contributed by atoms with Gasteiger partial charge in [-0.25, -0.2) is 8.42 Å². The molecule has 29 heavy (non-hydrogen) atoms. The van der Waals surface area contributed by atoms with Crippen molar-refractivity contribution < 1.29 is 27.6 Å². The van der Waals surface area contributed by atoms with E-state index in [0.717, 1.165) is 22.2 Å². The van der Waals surface area contributed by atoms with Gasteiger partial charge in [0.15, 0.2) is 0 Å². The van der Waals surface area contributed by atoms with Crippen molar-refractivity contribution in [3.05, 3.63) is 58.1 Å². The van der Waals surface area contributed by atoms with Crippen LogP contribution in [0.5, 0.6) is 5.75 Å². The number of nitro benzene ring substituents is 1. The van der Waals surface area contributed by atoms with Gasteiger partial charge < -0.3 is 14.8 Å². The number of non-ortho nitro benzene ring substituents is 1. The van der Waals surface area contributed by atoms with Crippen LogP contribution in [0.3, 0.4) is 0 Å². The molecule has 0 radical (unpaired) electrons. The quantitative estimate of drug-likeness (QED) is 0.483. The Labute approximate surface area is 168 Å². The van der Waals surface area contributed by atoms with Crippen molar-refractivity contribution in [1.82, 2.24) is 0 Å². The molecule has 11 heteroatoms. The van der Waals surface area contributed by atoms with Crippen molar-refractivity contribution in [3.8, 4) is 5.75 Å². The first-order chi connectivity index (χ1) is 13.7. The number of anilines is 2. The number of nitrogens with zero attached hydrogens (tertiary/aromatic N) is 2. The van der Waals surface area contributed by atoms with Gasteiger partial charge in [-0.05, 0) is 23.8 Å². The van der Waals surface area contributed by atoms with Crippen LogP contribution in [-0.4, -0.2) is 46.3 Å². The second-order valence-electron chi connectivity index (χ2n) is 6.06. The normalized spacial score (nSPS) is 11.0. The lowest BCUT2D eigenvalue weighted by Gasteiger charge is -2.23. The molecule has 0 spiro atoms. The summed E-state index contributed by atoms with van der Waals surface area (Å²) in [5.74, 6) is -0.547. The van der Waals surface area contributed by atoms with Crippen molar-refractivity contribution in [2.75, 3.05) is 36.6 Å². The van der Waals surface area contributed by atoms with Gasteiger partial charge in [0.05, 0.1) is 24.9 Å². The Kier molecular flexibility index (Phi) is 7.13. The Morgan fingerprint density at radius 3 is 2.52 bits per heavy atom. The SMILES string of the molecule is COCc1cccc(NC(=O)CN(c2cc([N+](=O)[O-])ccc2OC)S(C)(=O)=O)c1. The van der Waals surface area contributed by atoms with E-state index in [0.29, 0.717) is 12.3 Å². The largest absolute Gasteiger partial charge is 0.495 e. The zero-order valence-electron chi connectivity index (χ0n) is 16.1. The molecule has 0 unspecified atom stereocenters. The third kappa shape index (κ3) is 5.90. The lowest BCUT2D eigenvalue weighted by Crippen LogP contribution is -2.37. The van der Waals surface area contributed by atoms with Crippen molar-refractivity contribution in [2.45, 2.75) is 6.61 Å². The van der Waals surface area contributed by atoms with Crippen LogP contribution < -0.4 is 14.4 Å². The van der Waals surface area contributed by atoms with E-state index in [1.807, 2.05) is 6.07 Å². The van der Waals surface area contributed by atoms with E-state index < -0.39 is 27.4 Å². The molecule has 2 aromatic rings. The molecule has 0 aliphatic heterocycles. The molecule has 0 bridgehead atoms. The van der Waals surface area contributed by atoms with Crippen molar-refractivity contribution in [3.63, 3.8) is 0 Å². The van der Waals surface area contributed by atoms with Gasteiger partial charge in [-0.2, -0.15) is 0 Å². The average Bonchev–Trinajstić information content (AvgIpc) is 2.65. The molecule has 2 rings (SSSR count). The van der Waals surface area contributed by atoms with Gasteiger partial charge >= 0.3 is 0 Å². The third-order valence-corrected chi connectivity index (χ3v) is 4.98. The molecule has 0 atom stereocenters. The first-order valence-corrected chi connectivity index (χ1v) is 10.2. The van der Waals surface area contributed by atoms with E-state index in [4.69, 9.17) is 9.47 Å². The number of hydrogen-bond acceptors (Lipinski definition) is 7. The molecule has 1 amide bonds. The maximum atomic E-state index is 12.5. The molecule has 10 nitrogen and oxygen atoms in total. The summed E-state index contributed by atoms with van der Waals surface area (Å²) in [5, 5.41) is 13.7. The minimum Gasteiger partial charge on any atom is -0.495 e. The van der Waals surface area contributed by atoms with Crippen LogP contribution in [0.1, 0.15) is 5.56 Å². The van der Waals surface area contributed by atoms with Gasteiger partial charge in [-0.3, -0.25) is 19.2 Å². The van der Waals surface area contributed by atoms with E-state index >= 15 is 0 Å². The highest BCUT2D eigenvalue weighted by molar-refractivity contribution is 7.92. The Morgan fingerprint density at radius 2 is 1.93 bits per heavy atom. The van der Waals surface area contributed by atoms with E-state index in [-0.39, 0.29) is 17.1 Å². The summed E-state index contributed by atoms with van der Waals surface area (Å²) in [6, 6.07) is 10.4. The maximum Gasteiger partial charge on any atom is 0.271 e. The Hall–Kier alpha value is -3.18. The van der Waals surface area contributed by atoms with Gasteiger partial charge in [0, 0.05) is 24.9 Å². The first-order valence-electron chi connectivity index (χ1n) is 8.33. The van der Waals surface area contributed by atoms with Crippen molar-refractivity contribution >= 4 is 33.0 Å². The molecule has 0 aromatic heterocycles. The lowest BCUT2D eigenvalue weighted by molar-refractivity contribution is -0.384. The van der Waals surface area contributed by atoms with Crippen LogP contribution in [0.2, 0.25) is 0 Å². The number of carbonyl (C=O) groups is 1. The minimum absolute atomic E-state index is 0.0796. The summed E-state index contributed by atoms with van der Waals surface area (Å²) in [5.41, 5.74) is 0.851. The Bertz CT molecular complexity index is 1010. The van der Waals surface area contributed by atoms with Crippen LogP contribution >= 0.6 is 0 Å². The molecule has 0 fully saturated rings. The molecule has 0 aliphatic rings. The summed E-state index contributed by atoms with van der Waals surface area (Å²) in [7, 11) is -1.11.